The Bertz CT molecular complexity index is 1020. The molecule has 2 aromatic carbocycles. The van der Waals surface area contributed by atoms with E-state index in [1.807, 2.05) is 0 Å². The predicted octanol–water partition coefficient (Wildman–Crippen LogP) is 4.39. The average Bonchev–Trinajstić information content (AvgIpc) is 2.71. The number of aromatic hydroxyl groups is 1. The van der Waals surface area contributed by atoms with Crippen molar-refractivity contribution in [2.75, 3.05) is 18.4 Å². The summed E-state index contributed by atoms with van der Waals surface area (Å²) in [6, 6.07) is 6.77. The largest absolute Gasteiger partial charge is 0.507 e. The molecular formula is C21H20Cl2N2O6. The van der Waals surface area contributed by atoms with E-state index in [0.717, 1.165) is 12.8 Å². The van der Waals surface area contributed by atoms with Crippen molar-refractivity contribution in [1.82, 2.24) is 4.90 Å². The number of nitrogens with one attached hydrogen (secondary N) is 1. The second-order valence-corrected chi connectivity index (χ2v) is 8.12. The molecule has 0 aliphatic carbocycles. The van der Waals surface area contributed by atoms with Crippen LogP contribution in [0.15, 0.2) is 30.3 Å². The van der Waals surface area contributed by atoms with Gasteiger partial charge in [0.1, 0.15) is 11.5 Å². The van der Waals surface area contributed by atoms with Gasteiger partial charge in [-0.05, 0) is 49.1 Å². The molecule has 0 bridgehead atoms. The van der Waals surface area contributed by atoms with Crippen molar-refractivity contribution in [3.8, 4) is 17.2 Å². The first-order valence-corrected chi connectivity index (χ1v) is 10.2. The summed E-state index contributed by atoms with van der Waals surface area (Å²) in [5.74, 6) is -2.70. The molecule has 1 heterocycles. The highest BCUT2D eigenvalue weighted by molar-refractivity contribution is 6.39. The van der Waals surface area contributed by atoms with E-state index in [1.54, 1.807) is 4.90 Å². The van der Waals surface area contributed by atoms with Crippen LogP contribution >= 0.6 is 23.2 Å². The van der Waals surface area contributed by atoms with Crippen LogP contribution in [0, 0.1) is 5.92 Å². The fraction of sp³-hybridized carbons (Fsp3) is 0.286. The Kier molecular flexibility index (Phi) is 6.92. The average molecular weight is 467 g/mol. The fourth-order valence-corrected chi connectivity index (χ4v) is 3.89. The molecule has 3 rings (SSSR count). The van der Waals surface area contributed by atoms with Gasteiger partial charge in [-0.25, -0.2) is 4.79 Å². The molecule has 1 unspecified atom stereocenters. The van der Waals surface area contributed by atoms with E-state index in [0.29, 0.717) is 19.0 Å². The number of carbonyl (C=O) groups is 3. The predicted molar refractivity (Wildman–Crippen MR) is 115 cm³/mol. The molecule has 1 fully saturated rings. The van der Waals surface area contributed by atoms with Gasteiger partial charge < -0.3 is 25.2 Å². The number of rotatable bonds is 4. The number of ether oxygens (including phenoxy) is 1. The van der Waals surface area contributed by atoms with E-state index in [4.69, 9.17) is 33.0 Å². The smallest absolute Gasteiger partial charge is 0.394 e. The summed E-state index contributed by atoms with van der Waals surface area (Å²) < 4.78 is 5.73. The number of phenols is 1. The molecule has 10 heteroatoms. The number of piperidine rings is 1. The highest BCUT2D eigenvalue weighted by atomic mass is 35.5. The zero-order chi connectivity index (χ0) is 22.7. The monoisotopic (exact) mass is 466 g/mol. The first-order valence-electron chi connectivity index (χ1n) is 9.49. The molecule has 1 aliphatic rings. The van der Waals surface area contributed by atoms with Crippen molar-refractivity contribution < 1.29 is 29.3 Å². The lowest BCUT2D eigenvalue weighted by Crippen LogP contribution is -2.39. The number of likely N-dealkylation sites (tertiary alicyclic amines) is 1. The van der Waals surface area contributed by atoms with Crippen LogP contribution in [0.5, 0.6) is 17.2 Å². The van der Waals surface area contributed by atoms with E-state index >= 15 is 0 Å². The van der Waals surface area contributed by atoms with Gasteiger partial charge >= 0.3 is 11.9 Å². The van der Waals surface area contributed by atoms with Crippen molar-refractivity contribution >= 4 is 46.7 Å². The number of nitrogens with zero attached hydrogens (tertiary/aromatic N) is 1. The quantitative estimate of drug-likeness (QED) is 0.575. The number of amides is 2. The van der Waals surface area contributed by atoms with Crippen LogP contribution in [-0.2, 0) is 9.59 Å². The number of carbonyl (C=O) groups excluding carboxylic acids is 2. The maximum Gasteiger partial charge on any atom is 0.394 e. The Morgan fingerprint density at radius 1 is 1.16 bits per heavy atom. The van der Waals surface area contributed by atoms with Crippen molar-refractivity contribution in [2.24, 2.45) is 5.92 Å². The number of carboxylic acids is 1. The number of hydrogen-bond acceptors (Lipinski definition) is 5. The van der Waals surface area contributed by atoms with Gasteiger partial charge in [0, 0.05) is 18.8 Å². The number of anilines is 1. The van der Waals surface area contributed by atoms with E-state index in [1.165, 1.54) is 30.3 Å². The van der Waals surface area contributed by atoms with Gasteiger partial charge in [-0.1, -0.05) is 30.1 Å². The molecule has 2 amide bonds. The van der Waals surface area contributed by atoms with Gasteiger partial charge in [-0.2, -0.15) is 0 Å². The third-order valence-corrected chi connectivity index (χ3v) is 5.37. The van der Waals surface area contributed by atoms with Crippen molar-refractivity contribution in [3.63, 3.8) is 0 Å². The first-order chi connectivity index (χ1) is 14.7. The van der Waals surface area contributed by atoms with Gasteiger partial charge in [0.15, 0.2) is 5.75 Å². The zero-order valence-corrected chi connectivity index (χ0v) is 18.0. The summed E-state index contributed by atoms with van der Waals surface area (Å²) in [6.07, 6.45) is 1.96. The Morgan fingerprint density at radius 3 is 2.45 bits per heavy atom. The summed E-state index contributed by atoms with van der Waals surface area (Å²) in [5.41, 5.74) is 0.180. The van der Waals surface area contributed by atoms with E-state index in [2.05, 4.69) is 12.2 Å². The van der Waals surface area contributed by atoms with Crippen LogP contribution in [0.2, 0.25) is 10.0 Å². The molecule has 3 N–H and O–H groups in total. The van der Waals surface area contributed by atoms with Gasteiger partial charge in [0.2, 0.25) is 0 Å². The van der Waals surface area contributed by atoms with E-state index in [-0.39, 0.29) is 44.5 Å². The fourth-order valence-electron chi connectivity index (χ4n) is 3.33. The van der Waals surface area contributed by atoms with Crippen LogP contribution in [-0.4, -0.2) is 46.0 Å². The molecule has 1 aliphatic heterocycles. The normalized spacial score (nSPS) is 16.0. The molecule has 31 heavy (non-hydrogen) atoms. The maximum absolute atomic E-state index is 12.9. The number of hydrogen-bond donors (Lipinski definition) is 3. The summed E-state index contributed by atoms with van der Waals surface area (Å²) in [4.78, 5) is 36.6. The van der Waals surface area contributed by atoms with Crippen LogP contribution in [0.1, 0.15) is 30.1 Å². The maximum atomic E-state index is 12.9. The molecule has 1 atom stereocenters. The van der Waals surface area contributed by atoms with Gasteiger partial charge in [0.25, 0.3) is 5.91 Å². The minimum absolute atomic E-state index is 0.0130. The van der Waals surface area contributed by atoms with Crippen LogP contribution < -0.4 is 10.1 Å². The second kappa shape index (κ2) is 9.45. The standard InChI is InChI=1S/C21H20Cl2N2O6/c1-11-3-2-6-25(10-11)20(28)14-9-13(4-5-17(14)26)31-18-15(22)7-12(8-16(18)23)24-19(27)21(29)30/h4-5,7-9,11,26H,2-3,6,10H2,1H3,(H,24,27)(H,29,30). The molecule has 0 saturated carbocycles. The van der Waals surface area contributed by atoms with Gasteiger partial charge in [-0.3, -0.25) is 9.59 Å². The van der Waals surface area contributed by atoms with Gasteiger partial charge in [-0.15, -0.1) is 0 Å². The number of benzene rings is 2. The SMILES string of the molecule is CC1CCCN(C(=O)c2cc(Oc3c(Cl)cc(NC(=O)C(=O)O)cc3Cl)ccc2O)C1. The Morgan fingerprint density at radius 2 is 1.84 bits per heavy atom. The lowest BCUT2D eigenvalue weighted by atomic mass is 9.99. The molecule has 0 spiro atoms. The van der Waals surface area contributed by atoms with E-state index < -0.39 is 11.9 Å². The van der Waals surface area contributed by atoms with Crippen LogP contribution in [0.4, 0.5) is 5.69 Å². The van der Waals surface area contributed by atoms with Crippen LogP contribution in [0.3, 0.4) is 0 Å². The summed E-state index contributed by atoms with van der Waals surface area (Å²) in [6.45, 7) is 3.31. The van der Waals surface area contributed by atoms with E-state index in [9.17, 15) is 19.5 Å². The third kappa shape index (κ3) is 5.39. The minimum Gasteiger partial charge on any atom is -0.507 e. The molecule has 1 saturated heterocycles. The Balaban J connectivity index is 1.83. The molecule has 0 radical (unpaired) electrons. The number of halogens is 2. The highest BCUT2D eigenvalue weighted by Crippen LogP contribution is 2.39. The molecule has 0 aromatic heterocycles. The van der Waals surface area contributed by atoms with Crippen molar-refractivity contribution in [3.05, 3.63) is 45.9 Å². The number of aliphatic carboxylic acids is 1. The molecule has 2 aromatic rings. The molecular weight excluding hydrogens is 447 g/mol. The lowest BCUT2D eigenvalue weighted by Gasteiger charge is -2.31. The minimum atomic E-state index is -1.66. The summed E-state index contributed by atoms with van der Waals surface area (Å²) in [5, 5.41) is 21.0. The Hall–Kier alpha value is -2.97. The molecule has 164 valence electrons. The summed E-state index contributed by atoms with van der Waals surface area (Å²) in [7, 11) is 0. The number of phenolic OH excluding ortho intramolecular Hbond substituents is 1. The highest BCUT2D eigenvalue weighted by Gasteiger charge is 2.25. The first kappa shape index (κ1) is 22.7. The molecule has 8 nitrogen and oxygen atoms in total. The zero-order valence-electron chi connectivity index (χ0n) is 16.5. The topological polar surface area (TPSA) is 116 Å². The Labute approximate surface area is 188 Å². The number of carboxylic acid groups (broad SMARTS) is 1. The lowest BCUT2D eigenvalue weighted by molar-refractivity contribution is -0.147. The van der Waals surface area contributed by atoms with Crippen molar-refractivity contribution in [1.29, 1.82) is 0 Å². The van der Waals surface area contributed by atoms with Gasteiger partial charge in [0.05, 0.1) is 15.6 Å². The third-order valence-electron chi connectivity index (χ3n) is 4.81. The van der Waals surface area contributed by atoms with Crippen LogP contribution in [0.25, 0.3) is 0 Å². The summed E-state index contributed by atoms with van der Waals surface area (Å²) >= 11 is 12.4. The second-order valence-electron chi connectivity index (χ2n) is 7.31. The van der Waals surface area contributed by atoms with Crippen molar-refractivity contribution in [2.45, 2.75) is 19.8 Å².